The molecule has 1 aromatic rings. The number of hydrogen-bond donors (Lipinski definition) is 0. The number of rotatable bonds is 3. The van der Waals surface area contributed by atoms with Gasteiger partial charge in [-0.15, -0.1) is 0 Å². The summed E-state index contributed by atoms with van der Waals surface area (Å²) in [7, 11) is 1.86. The van der Waals surface area contributed by atoms with Gasteiger partial charge in [-0.2, -0.15) is 0 Å². The third-order valence-electron chi connectivity index (χ3n) is 3.69. The van der Waals surface area contributed by atoms with Crippen molar-refractivity contribution in [3.8, 4) is 0 Å². The Hall–Kier alpha value is -1.30. The average Bonchev–Trinajstić information content (AvgIpc) is 2.76. The highest BCUT2D eigenvalue weighted by molar-refractivity contribution is 9.10. The van der Waals surface area contributed by atoms with Gasteiger partial charge in [0.15, 0.2) is 0 Å². The van der Waals surface area contributed by atoms with Crippen molar-refractivity contribution < 1.29 is 9.59 Å². The zero-order chi connectivity index (χ0) is 15.6. The Morgan fingerprint density at radius 3 is 2.24 bits per heavy atom. The number of aryl methyl sites for hydroxylation is 1. The molecule has 6 heteroatoms. The summed E-state index contributed by atoms with van der Waals surface area (Å²) in [5.41, 5.74) is 0.670. The molecule has 1 aliphatic rings. The average molecular weight is 356 g/mol. The van der Waals surface area contributed by atoms with Crippen molar-refractivity contribution in [2.24, 2.45) is 13.0 Å². The van der Waals surface area contributed by atoms with Crippen molar-refractivity contribution in [1.82, 2.24) is 14.4 Å². The minimum Gasteiger partial charge on any atom is -0.345 e. The van der Waals surface area contributed by atoms with Crippen molar-refractivity contribution in [2.45, 2.75) is 20.3 Å². The zero-order valence-corrected chi connectivity index (χ0v) is 14.4. The predicted octanol–water partition coefficient (Wildman–Crippen LogP) is 2.12. The number of halogens is 1. The summed E-state index contributed by atoms with van der Waals surface area (Å²) < 4.78 is 2.72. The molecule has 21 heavy (non-hydrogen) atoms. The minimum absolute atomic E-state index is 0.0270. The third kappa shape index (κ3) is 3.87. The van der Waals surface area contributed by atoms with Gasteiger partial charge in [-0.1, -0.05) is 13.8 Å². The van der Waals surface area contributed by atoms with Gasteiger partial charge >= 0.3 is 0 Å². The van der Waals surface area contributed by atoms with E-state index in [1.807, 2.05) is 47.5 Å². The molecule has 0 bridgehead atoms. The standard InChI is InChI=1S/C15H22BrN3O2/c1-11(2)8-14(20)18-4-6-19(7-5-18)15(21)13-9-12(16)10-17(13)3/h9-11H,4-8H2,1-3H3. The number of carbonyl (C=O) groups is 2. The Balaban J connectivity index is 1.93. The van der Waals surface area contributed by atoms with Gasteiger partial charge in [0.05, 0.1) is 0 Å². The summed E-state index contributed by atoms with van der Waals surface area (Å²) in [6, 6.07) is 1.83. The molecule has 0 atom stereocenters. The van der Waals surface area contributed by atoms with Crippen LogP contribution in [-0.2, 0) is 11.8 Å². The van der Waals surface area contributed by atoms with Crippen LogP contribution in [-0.4, -0.2) is 52.4 Å². The Labute approximate surface area is 134 Å². The number of carbonyl (C=O) groups excluding carboxylic acids is 2. The van der Waals surface area contributed by atoms with E-state index in [0.717, 1.165) is 4.47 Å². The molecule has 1 aromatic heterocycles. The van der Waals surface area contributed by atoms with Gasteiger partial charge in [0, 0.05) is 50.3 Å². The molecule has 2 amide bonds. The summed E-state index contributed by atoms with van der Waals surface area (Å²) >= 11 is 3.38. The summed E-state index contributed by atoms with van der Waals surface area (Å²) in [6.45, 7) is 6.55. The van der Waals surface area contributed by atoms with Gasteiger partial charge in [-0.25, -0.2) is 0 Å². The van der Waals surface area contributed by atoms with E-state index in [1.165, 1.54) is 0 Å². The summed E-state index contributed by atoms with van der Waals surface area (Å²) in [6.07, 6.45) is 2.45. The number of nitrogens with zero attached hydrogens (tertiary/aromatic N) is 3. The van der Waals surface area contributed by atoms with Crippen molar-refractivity contribution in [1.29, 1.82) is 0 Å². The molecular weight excluding hydrogens is 334 g/mol. The maximum Gasteiger partial charge on any atom is 0.270 e. The summed E-state index contributed by atoms with van der Waals surface area (Å²) in [5, 5.41) is 0. The smallest absolute Gasteiger partial charge is 0.270 e. The van der Waals surface area contributed by atoms with Crippen LogP contribution in [0.3, 0.4) is 0 Å². The van der Waals surface area contributed by atoms with E-state index >= 15 is 0 Å². The molecule has 1 fully saturated rings. The van der Waals surface area contributed by atoms with Crippen molar-refractivity contribution in [3.05, 3.63) is 22.4 Å². The lowest BCUT2D eigenvalue weighted by atomic mass is 10.1. The van der Waals surface area contributed by atoms with Gasteiger partial charge in [0.2, 0.25) is 5.91 Å². The topological polar surface area (TPSA) is 45.6 Å². The van der Waals surface area contributed by atoms with E-state index in [2.05, 4.69) is 15.9 Å². The lowest BCUT2D eigenvalue weighted by Crippen LogP contribution is -2.51. The van der Waals surface area contributed by atoms with Crippen LogP contribution in [0.4, 0.5) is 0 Å². The second-order valence-electron chi connectivity index (χ2n) is 5.93. The molecule has 2 rings (SSSR count). The molecule has 0 radical (unpaired) electrons. The highest BCUT2D eigenvalue weighted by Gasteiger charge is 2.26. The zero-order valence-electron chi connectivity index (χ0n) is 12.8. The third-order valence-corrected chi connectivity index (χ3v) is 4.13. The quantitative estimate of drug-likeness (QED) is 0.833. The highest BCUT2D eigenvalue weighted by Crippen LogP contribution is 2.17. The van der Waals surface area contributed by atoms with E-state index in [-0.39, 0.29) is 11.8 Å². The second-order valence-corrected chi connectivity index (χ2v) is 6.84. The molecule has 0 N–H and O–H groups in total. The van der Waals surface area contributed by atoms with Gasteiger partial charge in [-0.05, 0) is 27.9 Å². The first-order valence-corrected chi connectivity index (χ1v) is 8.06. The number of piperazine rings is 1. The first-order chi connectivity index (χ1) is 9.88. The molecule has 116 valence electrons. The molecule has 2 heterocycles. The molecule has 0 unspecified atom stereocenters. The van der Waals surface area contributed by atoms with Gasteiger partial charge in [0.1, 0.15) is 5.69 Å². The molecule has 1 aliphatic heterocycles. The van der Waals surface area contributed by atoms with Gasteiger partial charge < -0.3 is 14.4 Å². The number of hydrogen-bond acceptors (Lipinski definition) is 2. The molecule has 0 spiro atoms. The van der Waals surface area contributed by atoms with Crippen LogP contribution in [0.25, 0.3) is 0 Å². The minimum atomic E-state index is 0.0270. The van der Waals surface area contributed by atoms with E-state index in [1.54, 1.807) is 0 Å². The lowest BCUT2D eigenvalue weighted by molar-refractivity contribution is -0.133. The van der Waals surface area contributed by atoms with Crippen LogP contribution >= 0.6 is 15.9 Å². The van der Waals surface area contributed by atoms with Crippen LogP contribution < -0.4 is 0 Å². The van der Waals surface area contributed by atoms with Gasteiger partial charge in [-0.3, -0.25) is 9.59 Å². The summed E-state index contributed by atoms with van der Waals surface area (Å²) in [4.78, 5) is 28.2. The van der Waals surface area contributed by atoms with E-state index in [4.69, 9.17) is 0 Å². The maximum atomic E-state index is 12.5. The Morgan fingerprint density at radius 2 is 1.76 bits per heavy atom. The Bertz CT molecular complexity index is 531. The fraction of sp³-hybridized carbons (Fsp3) is 0.600. The van der Waals surface area contributed by atoms with Crippen molar-refractivity contribution >= 4 is 27.7 Å². The van der Waals surface area contributed by atoms with Crippen molar-refractivity contribution in [2.75, 3.05) is 26.2 Å². The predicted molar refractivity (Wildman–Crippen MR) is 85.1 cm³/mol. The van der Waals surface area contributed by atoms with Crippen LogP contribution in [0.5, 0.6) is 0 Å². The normalized spacial score (nSPS) is 15.7. The fourth-order valence-corrected chi connectivity index (χ4v) is 3.06. The van der Waals surface area contributed by atoms with E-state index < -0.39 is 0 Å². The molecule has 0 aliphatic carbocycles. The van der Waals surface area contributed by atoms with Crippen LogP contribution in [0.15, 0.2) is 16.7 Å². The highest BCUT2D eigenvalue weighted by atomic mass is 79.9. The molecule has 0 saturated carbocycles. The van der Waals surface area contributed by atoms with Crippen LogP contribution in [0.2, 0.25) is 0 Å². The maximum absolute atomic E-state index is 12.5. The van der Waals surface area contributed by atoms with Gasteiger partial charge in [0.25, 0.3) is 5.91 Å². The Kier molecular flexibility index (Phi) is 5.08. The first kappa shape index (κ1) is 16.1. The van der Waals surface area contributed by atoms with Crippen molar-refractivity contribution in [3.63, 3.8) is 0 Å². The largest absolute Gasteiger partial charge is 0.345 e. The van der Waals surface area contributed by atoms with Crippen LogP contribution in [0, 0.1) is 5.92 Å². The number of amides is 2. The second kappa shape index (κ2) is 6.64. The molecule has 5 nitrogen and oxygen atoms in total. The molecular formula is C15H22BrN3O2. The fourth-order valence-electron chi connectivity index (χ4n) is 2.54. The Morgan fingerprint density at radius 1 is 1.19 bits per heavy atom. The lowest BCUT2D eigenvalue weighted by Gasteiger charge is -2.35. The van der Waals surface area contributed by atoms with Crippen LogP contribution in [0.1, 0.15) is 30.8 Å². The summed E-state index contributed by atoms with van der Waals surface area (Å²) in [5.74, 6) is 0.593. The molecule has 1 saturated heterocycles. The molecule has 0 aromatic carbocycles. The monoisotopic (exact) mass is 355 g/mol. The van der Waals surface area contributed by atoms with E-state index in [9.17, 15) is 9.59 Å². The number of aromatic nitrogens is 1. The first-order valence-electron chi connectivity index (χ1n) is 7.27. The SMILES string of the molecule is CC(C)CC(=O)N1CCN(C(=O)c2cc(Br)cn2C)CC1. The van der Waals surface area contributed by atoms with E-state index in [0.29, 0.717) is 44.2 Å².